The van der Waals surface area contributed by atoms with Crippen LogP contribution < -0.4 is 5.43 Å². The molecule has 26 heavy (non-hydrogen) atoms. The van der Waals surface area contributed by atoms with Gasteiger partial charge in [-0.15, -0.1) is 0 Å². The van der Waals surface area contributed by atoms with E-state index in [1.807, 2.05) is 0 Å². The number of aromatic nitrogens is 1. The van der Waals surface area contributed by atoms with E-state index >= 15 is 0 Å². The Morgan fingerprint density at radius 1 is 0.808 bits per heavy atom. The molecule has 0 fully saturated rings. The van der Waals surface area contributed by atoms with Crippen molar-refractivity contribution in [2.24, 2.45) is 12.1 Å². The van der Waals surface area contributed by atoms with Crippen LogP contribution in [-0.4, -0.2) is 10.3 Å². The number of rotatable bonds is 2. The largest absolute Gasteiger partial charge is 0.343 e. The monoisotopic (exact) mass is 337 g/mol. The van der Waals surface area contributed by atoms with Crippen LogP contribution in [0.15, 0.2) is 77.9 Å². The Bertz CT molecular complexity index is 1160. The number of para-hydroxylation sites is 1. The Morgan fingerprint density at radius 2 is 1.50 bits per heavy atom. The van der Waals surface area contributed by atoms with E-state index < -0.39 is 0 Å². The smallest absolute Gasteiger partial charge is 0.101 e. The van der Waals surface area contributed by atoms with E-state index in [-0.39, 0.29) is 0 Å². The fourth-order valence-electron chi connectivity index (χ4n) is 3.84. The summed E-state index contributed by atoms with van der Waals surface area (Å²) in [4.78, 5) is 0. The van der Waals surface area contributed by atoms with Gasteiger partial charge in [0.1, 0.15) is 5.71 Å². The molecule has 3 aromatic carbocycles. The van der Waals surface area contributed by atoms with Crippen molar-refractivity contribution in [3.8, 4) is 11.3 Å². The van der Waals surface area contributed by atoms with Gasteiger partial charge >= 0.3 is 0 Å². The van der Waals surface area contributed by atoms with Crippen molar-refractivity contribution in [3.63, 3.8) is 0 Å². The van der Waals surface area contributed by atoms with Gasteiger partial charge in [-0.2, -0.15) is 5.10 Å². The minimum Gasteiger partial charge on any atom is -0.343 e. The van der Waals surface area contributed by atoms with E-state index in [2.05, 4.69) is 96.8 Å². The summed E-state index contributed by atoms with van der Waals surface area (Å²) in [6, 6.07) is 25.3. The second-order valence-corrected chi connectivity index (χ2v) is 6.78. The lowest BCUT2D eigenvalue weighted by Crippen LogP contribution is -2.02. The molecule has 1 aromatic heterocycles. The lowest BCUT2D eigenvalue weighted by molar-refractivity contribution is 0.979. The van der Waals surface area contributed by atoms with Crippen molar-refractivity contribution in [1.29, 1.82) is 0 Å². The first-order chi connectivity index (χ1) is 12.7. The SMILES string of the molecule is Cc1ccc(N/N=C2\c3ccccc3-c3c2c2ccccc2n3C)cc1. The molecule has 3 nitrogen and oxygen atoms in total. The van der Waals surface area contributed by atoms with E-state index in [4.69, 9.17) is 5.10 Å². The zero-order valence-electron chi connectivity index (χ0n) is 14.8. The highest BCUT2D eigenvalue weighted by Gasteiger charge is 2.30. The first-order valence-electron chi connectivity index (χ1n) is 8.82. The van der Waals surface area contributed by atoms with Crippen LogP contribution in [0.25, 0.3) is 22.2 Å². The Balaban J connectivity index is 1.72. The van der Waals surface area contributed by atoms with E-state index in [0.29, 0.717) is 0 Å². The van der Waals surface area contributed by atoms with Crippen LogP contribution in [-0.2, 0) is 7.05 Å². The molecule has 1 aliphatic carbocycles. The van der Waals surface area contributed by atoms with Gasteiger partial charge in [-0.3, -0.25) is 5.43 Å². The van der Waals surface area contributed by atoms with Gasteiger partial charge in [-0.1, -0.05) is 60.2 Å². The van der Waals surface area contributed by atoms with Crippen molar-refractivity contribution in [2.75, 3.05) is 5.43 Å². The zero-order valence-corrected chi connectivity index (χ0v) is 14.8. The first-order valence-corrected chi connectivity index (χ1v) is 8.82. The van der Waals surface area contributed by atoms with Gasteiger partial charge in [0.2, 0.25) is 0 Å². The number of nitrogens with zero attached hydrogens (tertiary/aromatic N) is 2. The van der Waals surface area contributed by atoms with Gasteiger partial charge in [-0.05, 0) is 25.1 Å². The molecule has 3 heteroatoms. The van der Waals surface area contributed by atoms with Crippen molar-refractivity contribution < 1.29 is 0 Å². The average Bonchev–Trinajstić information content (AvgIpc) is 3.16. The predicted octanol–water partition coefficient (Wildman–Crippen LogP) is 5.33. The summed E-state index contributed by atoms with van der Waals surface area (Å²) in [5, 5.41) is 6.06. The Morgan fingerprint density at radius 3 is 2.31 bits per heavy atom. The highest BCUT2D eigenvalue weighted by Crippen LogP contribution is 2.42. The van der Waals surface area contributed by atoms with Crippen molar-refractivity contribution in [3.05, 3.63) is 89.5 Å². The number of fused-ring (bicyclic) bond motifs is 5. The van der Waals surface area contributed by atoms with Gasteiger partial charge in [0, 0.05) is 34.6 Å². The molecule has 0 saturated carbocycles. The quantitative estimate of drug-likeness (QED) is 0.433. The fourth-order valence-corrected chi connectivity index (χ4v) is 3.84. The Hall–Kier alpha value is -3.33. The van der Waals surface area contributed by atoms with E-state index in [1.54, 1.807) is 0 Å². The van der Waals surface area contributed by atoms with E-state index in [9.17, 15) is 0 Å². The van der Waals surface area contributed by atoms with Crippen molar-refractivity contribution >= 4 is 22.3 Å². The fraction of sp³-hybridized carbons (Fsp3) is 0.0870. The molecule has 126 valence electrons. The summed E-state index contributed by atoms with van der Waals surface area (Å²) in [7, 11) is 2.13. The van der Waals surface area contributed by atoms with Crippen LogP contribution in [0.5, 0.6) is 0 Å². The molecule has 0 aliphatic heterocycles. The predicted molar refractivity (Wildman–Crippen MR) is 109 cm³/mol. The van der Waals surface area contributed by atoms with Crippen molar-refractivity contribution in [1.82, 2.24) is 4.57 Å². The lowest BCUT2D eigenvalue weighted by Gasteiger charge is -2.06. The normalized spacial score (nSPS) is 13.8. The van der Waals surface area contributed by atoms with Gasteiger partial charge < -0.3 is 4.57 Å². The van der Waals surface area contributed by atoms with Gasteiger partial charge in [0.25, 0.3) is 0 Å². The molecule has 1 aliphatic rings. The molecule has 0 saturated heterocycles. The van der Waals surface area contributed by atoms with E-state index in [1.165, 1.54) is 38.9 Å². The minimum absolute atomic E-state index is 0.995. The number of hydrogen-bond donors (Lipinski definition) is 1. The van der Waals surface area contributed by atoms with Gasteiger partial charge in [0.05, 0.1) is 11.4 Å². The molecule has 0 amide bonds. The number of anilines is 1. The Labute approximate surface area is 152 Å². The van der Waals surface area contributed by atoms with Crippen LogP contribution in [0.4, 0.5) is 5.69 Å². The minimum atomic E-state index is 0.995. The summed E-state index contributed by atoms with van der Waals surface area (Å²) in [6.45, 7) is 2.09. The van der Waals surface area contributed by atoms with Crippen LogP contribution in [0.1, 0.15) is 16.7 Å². The zero-order chi connectivity index (χ0) is 17.7. The lowest BCUT2D eigenvalue weighted by atomic mass is 10.1. The number of hydrazone groups is 1. The number of aryl methyl sites for hydroxylation is 2. The maximum Gasteiger partial charge on any atom is 0.101 e. The molecule has 0 spiro atoms. The molecule has 5 rings (SSSR count). The van der Waals surface area contributed by atoms with Crippen LogP contribution >= 0.6 is 0 Å². The summed E-state index contributed by atoms with van der Waals surface area (Å²) >= 11 is 0. The van der Waals surface area contributed by atoms with Gasteiger partial charge in [-0.25, -0.2) is 0 Å². The maximum absolute atomic E-state index is 4.82. The molecular weight excluding hydrogens is 318 g/mol. The molecular formula is C23H19N3. The van der Waals surface area contributed by atoms with Crippen LogP contribution in [0, 0.1) is 6.92 Å². The number of hydrogen-bond acceptors (Lipinski definition) is 2. The van der Waals surface area contributed by atoms with Crippen LogP contribution in [0.2, 0.25) is 0 Å². The summed E-state index contributed by atoms with van der Waals surface area (Å²) in [5.74, 6) is 0. The molecule has 1 N–H and O–H groups in total. The Kier molecular flexibility index (Phi) is 3.22. The van der Waals surface area contributed by atoms with Crippen molar-refractivity contribution in [2.45, 2.75) is 6.92 Å². The standard InChI is InChI=1S/C23H19N3/c1-15-11-13-16(14-12-15)24-25-22-17-7-3-4-8-18(17)23-21(22)19-9-5-6-10-20(19)26(23)2/h3-14,24H,1-2H3/b25-22+. The second kappa shape index (κ2) is 5.60. The van der Waals surface area contributed by atoms with Gasteiger partial charge in [0.15, 0.2) is 0 Å². The topological polar surface area (TPSA) is 29.3 Å². The van der Waals surface area contributed by atoms with E-state index in [0.717, 1.165) is 11.4 Å². The third-order valence-corrected chi connectivity index (χ3v) is 5.13. The molecule has 0 radical (unpaired) electrons. The summed E-state index contributed by atoms with van der Waals surface area (Å²) in [6.07, 6.45) is 0. The summed E-state index contributed by atoms with van der Waals surface area (Å²) < 4.78 is 2.28. The third kappa shape index (κ3) is 2.10. The molecule has 1 heterocycles. The molecule has 4 aromatic rings. The highest BCUT2D eigenvalue weighted by molar-refractivity contribution is 6.30. The molecule has 0 bridgehead atoms. The molecule has 0 unspecified atom stereocenters. The number of nitrogens with one attached hydrogen (secondary N) is 1. The first kappa shape index (κ1) is 15.0. The van der Waals surface area contributed by atoms with Crippen LogP contribution in [0.3, 0.4) is 0 Å². The second-order valence-electron chi connectivity index (χ2n) is 6.78. The third-order valence-electron chi connectivity index (χ3n) is 5.13. The number of benzene rings is 3. The maximum atomic E-state index is 4.82. The average molecular weight is 337 g/mol. The summed E-state index contributed by atoms with van der Waals surface area (Å²) in [5.41, 5.74) is 12.6. The highest BCUT2D eigenvalue weighted by atomic mass is 15.3. The molecule has 0 atom stereocenters.